The second-order valence-electron chi connectivity index (χ2n) is 9.80. The zero-order chi connectivity index (χ0) is 30.6. The van der Waals surface area contributed by atoms with Crippen LogP contribution in [0, 0.1) is 5.82 Å². The molecular formula is C29H26F4N6O3S. The molecule has 1 saturated heterocycles. The van der Waals surface area contributed by atoms with E-state index in [-0.39, 0.29) is 23.9 Å². The van der Waals surface area contributed by atoms with Gasteiger partial charge in [0.2, 0.25) is 21.9 Å². The first-order chi connectivity index (χ1) is 20.5. The molecule has 0 spiro atoms. The van der Waals surface area contributed by atoms with Crippen LogP contribution in [-0.4, -0.2) is 46.2 Å². The first-order valence-electron chi connectivity index (χ1n) is 13.2. The van der Waals surface area contributed by atoms with Crippen LogP contribution in [0.25, 0.3) is 11.3 Å². The Morgan fingerprint density at radius 3 is 2.42 bits per heavy atom. The lowest BCUT2D eigenvalue weighted by Gasteiger charge is -2.23. The maximum absolute atomic E-state index is 13.3. The topological polar surface area (TPSA) is 117 Å². The van der Waals surface area contributed by atoms with E-state index in [1.165, 1.54) is 12.1 Å². The molecule has 1 atom stereocenters. The van der Waals surface area contributed by atoms with Crippen LogP contribution in [0.3, 0.4) is 0 Å². The van der Waals surface area contributed by atoms with E-state index in [2.05, 4.69) is 25.6 Å². The Hall–Kier alpha value is -4.43. The van der Waals surface area contributed by atoms with Gasteiger partial charge in [-0.1, -0.05) is 18.2 Å². The van der Waals surface area contributed by atoms with Crippen LogP contribution in [0.5, 0.6) is 0 Å². The second kappa shape index (κ2) is 12.4. The molecule has 0 radical (unpaired) electrons. The quantitative estimate of drug-likeness (QED) is 0.261. The van der Waals surface area contributed by atoms with E-state index >= 15 is 0 Å². The molecule has 2 aromatic carbocycles. The van der Waals surface area contributed by atoms with Crippen molar-refractivity contribution in [3.8, 4) is 11.3 Å². The summed E-state index contributed by atoms with van der Waals surface area (Å²) >= 11 is 0. The van der Waals surface area contributed by atoms with Gasteiger partial charge in [-0.25, -0.2) is 22.8 Å². The van der Waals surface area contributed by atoms with Gasteiger partial charge in [-0.3, -0.25) is 9.78 Å². The van der Waals surface area contributed by atoms with Gasteiger partial charge in [0.1, 0.15) is 11.9 Å². The Morgan fingerprint density at radius 1 is 1.00 bits per heavy atom. The van der Waals surface area contributed by atoms with E-state index in [9.17, 15) is 30.8 Å². The lowest BCUT2D eigenvalue weighted by molar-refractivity contribution is -0.137. The van der Waals surface area contributed by atoms with Gasteiger partial charge in [-0.2, -0.15) is 17.5 Å². The molecule has 3 heterocycles. The highest BCUT2D eigenvalue weighted by atomic mass is 32.2. The summed E-state index contributed by atoms with van der Waals surface area (Å²) < 4.78 is 80.1. The molecule has 5 rings (SSSR count). The number of amides is 1. The SMILES string of the molecule is O=C(NCc1cc(-c2ccc(C(F)(F)F)cc2)nc(NCc2cccnc2)n1)[C@@H]1CCCN1S(=O)(=O)c1ccc(F)cc1. The minimum absolute atomic E-state index is 0.0997. The van der Waals surface area contributed by atoms with Crippen molar-refractivity contribution in [1.29, 1.82) is 0 Å². The van der Waals surface area contributed by atoms with Gasteiger partial charge in [0, 0.05) is 31.0 Å². The normalized spacial score (nSPS) is 15.8. The molecule has 1 aliphatic rings. The Bertz CT molecular complexity index is 1690. The number of sulfonamides is 1. The fourth-order valence-corrected chi connectivity index (χ4v) is 6.31. The first kappa shape index (κ1) is 30.0. The smallest absolute Gasteiger partial charge is 0.350 e. The van der Waals surface area contributed by atoms with E-state index < -0.39 is 39.5 Å². The molecule has 1 aliphatic heterocycles. The van der Waals surface area contributed by atoms with Crippen molar-refractivity contribution < 1.29 is 30.8 Å². The van der Waals surface area contributed by atoms with Gasteiger partial charge in [0.15, 0.2) is 0 Å². The standard InChI is InChI=1S/C29H26F4N6O3S/c30-22-9-11-24(12-10-22)43(41,42)39-14-2-4-26(39)27(40)35-18-23-15-25(20-5-7-21(8-6-20)29(31,32)33)38-28(37-23)36-17-19-3-1-13-34-16-19/h1,3,5-13,15-16,26H,2,4,14,17-18H2,(H,35,40)(H,36,37,38)/t26-/m0/s1. The predicted octanol–water partition coefficient (Wildman–Crippen LogP) is 4.78. The molecular weight excluding hydrogens is 588 g/mol. The van der Waals surface area contributed by atoms with Gasteiger partial charge >= 0.3 is 6.18 Å². The van der Waals surface area contributed by atoms with E-state index in [1.807, 2.05) is 6.07 Å². The molecule has 2 aromatic heterocycles. The Morgan fingerprint density at radius 2 is 1.74 bits per heavy atom. The molecule has 43 heavy (non-hydrogen) atoms. The van der Waals surface area contributed by atoms with E-state index in [0.717, 1.165) is 46.3 Å². The number of halogens is 4. The molecule has 4 aromatic rings. The highest BCUT2D eigenvalue weighted by Crippen LogP contribution is 2.31. The second-order valence-corrected chi connectivity index (χ2v) is 11.7. The molecule has 224 valence electrons. The molecule has 0 aliphatic carbocycles. The third-order valence-electron chi connectivity index (χ3n) is 6.83. The van der Waals surface area contributed by atoms with Crippen LogP contribution in [0.2, 0.25) is 0 Å². The molecule has 1 amide bonds. The minimum atomic E-state index is -4.49. The van der Waals surface area contributed by atoms with Gasteiger partial charge in [-0.15, -0.1) is 0 Å². The molecule has 14 heteroatoms. The average Bonchev–Trinajstić information content (AvgIpc) is 3.51. The number of alkyl halides is 3. The van der Waals surface area contributed by atoms with Crippen LogP contribution in [0.1, 0.15) is 29.7 Å². The zero-order valence-corrected chi connectivity index (χ0v) is 23.4. The minimum Gasteiger partial charge on any atom is -0.350 e. The maximum atomic E-state index is 13.3. The van der Waals surface area contributed by atoms with Crippen LogP contribution >= 0.6 is 0 Å². The number of anilines is 1. The van der Waals surface area contributed by atoms with Crippen LogP contribution in [0.4, 0.5) is 23.5 Å². The molecule has 0 unspecified atom stereocenters. The highest BCUT2D eigenvalue weighted by Gasteiger charge is 2.39. The summed E-state index contributed by atoms with van der Waals surface area (Å²) in [6.07, 6.45) is -0.449. The summed E-state index contributed by atoms with van der Waals surface area (Å²) in [6.45, 7) is 0.345. The maximum Gasteiger partial charge on any atom is 0.416 e. The van der Waals surface area contributed by atoms with E-state index in [1.54, 1.807) is 24.5 Å². The third-order valence-corrected chi connectivity index (χ3v) is 8.75. The average molecular weight is 615 g/mol. The number of nitrogens with zero attached hydrogens (tertiary/aromatic N) is 4. The number of carbonyl (C=O) groups excluding carboxylic acids is 1. The van der Waals surface area contributed by atoms with Gasteiger partial charge in [0.05, 0.1) is 28.4 Å². The lowest BCUT2D eigenvalue weighted by atomic mass is 10.1. The fourth-order valence-electron chi connectivity index (χ4n) is 4.66. The number of nitrogens with one attached hydrogen (secondary N) is 2. The van der Waals surface area contributed by atoms with Gasteiger partial charge in [0.25, 0.3) is 0 Å². The summed E-state index contributed by atoms with van der Waals surface area (Å²) in [6, 6.07) is 13.1. The monoisotopic (exact) mass is 614 g/mol. The molecule has 2 N–H and O–H groups in total. The van der Waals surface area contributed by atoms with Crippen molar-refractivity contribution in [2.24, 2.45) is 0 Å². The molecule has 9 nitrogen and oxygen atoms in total. The molecule has 1 fully saturated rings. The van der Waals surface area contributed by atoms with Crippen molar-refractivity contribution in [3.63, 3.8) is 0 Å². The highest BCUT2D eigenvalue weighted by molar-refractivity contribution is 7.89. The largest absolute Gasteiger partial charge is 0.416 e. The number of rotatable bonds is 9. The van der Waals surface area contributed by atoms with Gasteiger partial charge < -0.3 is 10.6 Å². The molecule has 0 bridgehead atoms. The first-order valence-corrected chi connectivity index (χ1v) is 14.7. The number of benzene rings is 2. The number of pyridine rings is 1. The van der Waals surface area contributed by atoms with Crippen molar-refractivity contribution in [2.45, 2.75) is 43.0 Å². The van der Waals surface area contributed by atoms with Crippen molar-refractivity contribution >= 4 is 21.9 Å². The van der Waals surface area contributed by atoms with Gasteiger partial charge in [-0.05, 0) is 66.9 Å². The Kier molecular flexibility index (Phi) is 8.69. The predicted molar refractivity (Wildman–Crippen MR) is 149 cm³/mol. The van der Waals surface area contributed by atoms with Crippen molar-refractivity contribution in [3.05, 3.63) is 102 Å². The summed E-state index contributed by atoms with van der Waals surface area (Å²) in [4.78, 5) is 26.0. The number of carbonyl (C=O) groups is 1. The van der Waals surface area contributed by atoms with Crippen LogP contribution in [-0.2, 0) is 34.1 Å². The van der Waals surface area contributed by atoms with Crippen molar-refractivity contribution in [2.75, 3.05) is 11.9 Å². The van der Waals surface area contributed by atoms with Crippen LogP contribution < -0.4 is 10.6 Å². The van der Waals surface area contributed by atoms with E-state index in [4.69, 9.17) is 0 Å². The van der Waals surface area contributed by atoms with Crippen LogP contribution in [0.15, 0.2) is 84.0 Å². The number of hydrogen-bond acceptors (Lipinski definition) is 7. The third kappa shape index (κ3) is 7.14. The summed E-state index contributed by atoms with van der Waals surface area (Å²) in [5.41, 5.74) is 1.11. The zero-order valence-electron chi connectivity index (χ0n) is 22.6. The summed E-state index contributed by atoms with van der Waals surface area (Å²) in [5.74, 6) is -0.945. The fraction of sp³-hybridized carbons (Fsp3) is 0.241. The van der Waals surface area contributed by atoms with Crippen molar-refractivity contribution in [1.82, 2.24) is 24.6 Å². The lowest BCUT2D eigenvalue weighted by Crippen LogP contribution is -2.45. The summed E-state index contributed by atoms with van der Waals surface area (Å²) in [5, 5.41) is 5.80. The number of hydrogen-bond donors (Lipinski definition) is 2. The van der Waals surface area contributed by atoms with E-state index in [0.29, 0.717) is 36.3 Å². The number of aromatic nitrogens is 3. The molecule has 0 saturated carbocycles. The Labute approximate surface area is 245 Å². The Balaban J connectivity index is 1.35. The summed E-state index contributed by atoms with van der Waals surface area (Å²) in [7, 11) is -4.04.